The van der Waals surface area contributed by atoms with Gasteiger partial charge in [-0.25, -0.2) is 9.37 Å². The Morgan fingerprint density at radius 1 is 1.19 bits per heavy atom. The van der Waals surface area contributed by atoms with Gasteiger partial charge in [0.05, 0.1) is 11.1 Å². The van der Waals surface area contributed by atoms with Gasteiger partial charge in [0.25, 0.3) is 5.91 Å². The fourth-order valence-electron chi connectivity index (χ4n) is 2.78. The molecule has 2 aromatic carbocycles. The Balaban J connectivity index is 1.93. The van der Waals surface area contributed by atoms with Crippen molar-refractivity contribution >= 4 is 16.8 Å². The van der Waals surface area contributed by atoms with Crippen LogP contribution in [0.5, 0.6) is 5.88 Å². The number of benzene rings is 2. The predicted molar refractivity (Wildman–Crippen MR) is 90.7 cm³/mol. The van der Waals surface area contributed by atoms with Crippen molar-refractivity contribution in [2.45, 2.75) is 19.6 Å². The lowest BCUT2D eigenvalue weighted by Gasteiger charge is -2.13. The first-order valence-corrected chi connectivity index (χ1v) is 7.90. The molecule has 0 aliphatic rings. The summed E-state index contributed by atoms with van der Waals surface area (Å²) in [5, 5.41) is 12.9. The highest BCUT2D eigenvalue weighted by Crippen LogP contribution is 2.33. The predicted octanol–water partition coefficient (Wildman–Crippen LogP) is 4.34. The molecule has 8 heteroatoms. The third-order valence-corrected chi connectivity index (χ3v) is 4.12. The third kappa shape index (κ3) is 3.84. The van der Waals surface area contributed by atoms with Gasteiger partial charge in [-0.15, -0.1) is 0 Å². The standard InChI is InChI=1S/C19H14F4N2O2/c1-10-14-6-5-12(19(21,22)23)8-15(14)25-18(27)16(10)17(26)24-9-11-3-2-4-13(20)7-11/h2-8H,9H2,1H3,(H,24,26)(H,25,27). The van der Waals surface area contributed by atoms with Crippen LogP contribution in [0.2, 0.25) is 0 Å². The van der Waals surface area contributed by atoms with E-state index in [4.69, 9.17) is 0 Å². The van der Waals surface area contributed by atoms with E-state index < -0.39 is 29.3 Å². The fourth-order valence-corrected chi connectivity index (χ4v) is 2.78. The molecule has 1 aromatic heterocycles. The third-order valence-electron chi connectivity index (χ3n) is 4.12. The van der Waals surface area contributed by atoms with Gasteiger partial charge in [0.2, 0.25) is 5.88 Å². The Hall–Kier alpha value is -3.16. The van der Waals surface area contributed by atoms with Crippen LogP contribution < -0.4 is 5.32 Å². The number of nitrogens with one attached hydrogen (secondary N) is 1. The molecular formula is C19H14F4N2O2. The minimum Gasteiger partial charge on any atom is -0.493 e. The van der Waals surface area contributed by atoms with Crippen molar-refractivity contribution in [3.05, 3.63) is 70.5 Å². The Morgan fingerprint density at radius 2 is 1.93 bits per heavy atom. The molecule has 1 amide bonds. The number of hydrogen-bond donors (Lipinski definition) is 2. The number of carbonyl (C=O) groups is 1. The SMILES string of the molecule is Cc1c(C(=O)NCc2cccc(F)c2)c(O)nc2cc(C(F)(F)F)ccc12. The van der Waals surface area contributed by atoms with Crippen LogP contribution in [0.3, 0.4) is 0 Å². The highest BCUT2D eigenvalue weighted by atomic mass is 19.4. The minimum absolute atomic E-state index is 0.0144. The summed E-state index contributed by atoms with van der Waals surface area (Å²) in [6, 6.07) is 8.55. The first-order valence-electron chi connectivity index (χ1n) is 7.90. The molecule has 140 valence electrons. The summed E-state index contributed by atoms with van der Waals surface area (Å²) in [6.45, 7) is 1.52. The lowest BCUT2D eigenvalue weighted by atomic mass is 10.0. The van der Waals surface area contributed by atoms with Crippen LogP contribution in [-0.4, -0.2) is 16.0 Å². The Kier molecular flexibility index (Phi) is 4.73. The van der Waals surface area contributed by atoms with Gasteiger partial charge in [-0.05, 0) is 42.3 Å². The first-order chi connectivity index (χ1) is 12.7. The van der Waals surface area contributed by atoms with E-state index in [1.807, 2.05) is 0 Å². The highest BCUT2D eigenvalue weighted by Gasteiger charge is 2.31. The van der Waals surface area contributed by atoms with Gasteiger partial charge in [0, 0.05) is 11.9 Å². The number of hydrogen-bond acceptors (Lipinski definition) is 3. The van der Waals surface area contributed by atoms with Gasteiger partial charge in [0.1, 0.15) is 11.4 Å². The molecule has 0 aliphatic heterocycles. The number of carbonyl (C=O) groups excluding carboxylic acids is 1. The van der Waals surface area contributed by atoms with Crippen molar-refractivity contribution in [1.29, 1.82) is 0 Å². The highest BCUT2D eigenvalue weighted by molar-refractivity contribution is 6.02. The molecule has 0 saturated carbocycles. The molecule has 0 aliphatic carbocycles. The van der Waals surface area contributed by atoms with Crippen LogP contribution in [-0.2, 0) is 12.7 Å². The van der Waals surface area contributed by atoms with Crippen LogP contribution in [0.1, 0.15) is 27.0 Å². The number of aromatic hydroxyl groups is 1. The van der Waals surface area contributed by atoms with Crippen LogP contribution in [0.15, 0.2) is 42.5 Å². The number of nitrogens with zero attached hydrogens (tertiary/aromatic N) is 1. The zero-order valence-electron chi connectivity index (χ0n) is 14.1. The summed E-state index contributed by atoms with van der Waals surface area (Å²) >= 11 is 0. The van der Waals surface area contributed by atoms with E-state index in [9.17, 15) is 27.5 Å². The van der Waals surface area contributed by atoms with Gasteiger partial charge in [-0.3, -0.25) is 4.79 Å². The molecule has 0 unspecified atom stereocenters. The molecule has 0 atom stereocenters. The number of halogens is 4. The van der Waals surface area contributed by atoms with E-state index >= 15 is 0 Å². The van der Waals surface area contributed by atoms with Gasteiger partial charge in [-0.2, -0.15) is 13.2 Å². The summed E-state index contributed by atoms with van der Waals surface area (Å²) in [7, 11) is 0. The van der Waals surface area contributed by atoms with Gasteiger partial charge in [-0.1, -0.05) is 18.2 Å². The summed E-state index contributed by atoms with van der Waals surface area (Å²) < 4.78 is 51.7. The molecule has 0 spiro atoms. The second-order valence-corrected chi connectivity index (χ2v) is 5.98. The van der Waals surface area contributed by atoms with E-state index in [-0.39, 0.29) is 17.6 Å². The molecule has 3 rings (SSSR count). The summed E-state index contributed by atoms with van der Waals surface area (Å²) in [5.41, 5.74) is -0.295. The number of rotatable bonds is 3. The molecule has 0 bridgehead atoms. The fraction of sp³-hybridized carbons (Fsp3) is 0.158. The Labute approximate surface area is 151 Å². The molecule has 27 heavy (non-hydrogen) atoms. The van der Waals surface area contributed by atoms with Crippen molar-refractivity contribution < 1.29 is 27.5 Å². The molecule has 2 N–H and O–H groups in total. The number of amides is 1. The second-order valence-electron chi connectivity index (χ2n) is 5.98. The van der Waals surface area contributed by atoms with E-state index in [1.165, 1.54) is 31.2 Å². The Bertz CT molecular complexity index is 1030. The van der Waals surface area contributed by atoms with Crippen LogP contribution in [0, 0.1) is 12.7 Å². The number of aryl methyl sites for hydroxylation is 1. The zero-order valence-corrected chi connectivity index (χ0v) is 14.1. The van der Waals surface area contributed by atoms with E-state index in [0.29, 0.717) is 16.5 Å². The normalized spacial score (nSPS) is 11.6. The molecule has 4 nitrogen and oxygen atoms in total. The molecule has 0 fully saturated rings. The lowest BCUT2D eigenvalue weighted by Crippen LogP contribution is -2.24. The maximum absolute atomic E-state index is 13.2. The van der Waals surface area contributed by atoms with Gasteiger partial charge < -0.3 is 10.4 Å². The van der Waals surface area contributed by atoms with Crippen molar-refractivity contribution in [3.8, 4) is 5.88 Å². The second kappa shape index (κ2) is 6.86. The van der Waals surface area contributed by atoms with Gasteiger partial charge in [0.15, 0.2) is 0 Å². The number of pyridine rings is 1. The largest absolute Gasteiger partial charge is 0.493 e. The molecule has 0 saturated heterocycles. The summed E-state index contributed by atoms with van der Waals surface area (Å²) in [5.74, 6) is -1.78. The smallest absolute Gasteiger partial charge is 0.416 e. The minimum atomic E-state index is -4.54. The van der Waals surface area contributed by atoms with Crippen LogP contribution in [0.25, 0.3) is 10.9 Å². The number of aromatic nitrogens is 1. The van der Waals surface area contributed by atoms with Gasteiger partial charge >= 0.3 is 6.18 Å². The molecule has 3 aromatic rings. The average molecular weight is 378 g/mol. The summed E-state index contributed by atoms with van der Waals surface area (Å²) in [6.07, 6.45) is -4.54. The van der Waals surface area contributed by atoms with Crippen molar-refractivity contribution in [2.24, 2.45) is 0 Å². The Morgan fingerprint density at radius 3 is 2.59 bits per heavy atom. The van der Waals surface area contributed by atoms with E-state index in [2.05, 4.69) is 10.3 Å². The van der Waals surface area contributed by atoms with Crippen LogP contribution in [0.4, 0.5) is 17.6 Å². The average Bonchev–Trinajstić information content (AvgIpc) is 2.58. The maximum atomic E-state index is 13.2. The monoisotopic (exact) mass is 378 g/mol. The molecular weight excluding hydrogens is 364 g/mol. The van der Waals surface area contributed by atoms with Crippen molar-refractivity contribution in [2.75, 3.05) is 0 Å². The van der Waals surface area contributed by atoms with Crippen LogP contribution >= 0.6 is 0 Å². The topological polar surface area (TPSA) is 62.2 Å². The van der Waals surface area contributed by atoms with Crippen molar-refractivity contribution in [1.82, 2.24) is 10.3 Å². The first kappa shape index (κ1) is 18.6. The van der Waals surface area contributed by atoms with Crippen molar-refractivity contribution in [3.63, 3.8) is 0 Å². The van der Waals surface area contributed by atoms with E-state index in [1.54, 1.807) is 6.07 Å². The van der Waals surface area contributed by atoms with E-state index in [0.717, 1.165) is 12.1 Å². The maximum Gasteiger partial charge on any atom is 0.416 e. The molecule has 1 heterocycles. The quantitative estimate of drug-likeness (QED) is 0.667. The zero-order chi connectivity index (χ0) is 19.8. The molecule has 0 radical (unpaired) electrons. The number of fused-ring (bicyclic) bond motifs is 1. The summed E-state index contributed by atoms with van der Waals surface area (Å²) in [4.78, 5) is 16.2. The number of alkyl halides is 3. The lowest BCUT2D eigenvalue weighted by molar-refractivity contribution is -0.137.